The van der Waals surface area contributed by atoms with Gasteiger partial charge in [-0.25, -0.2) is 9.78 Å². The Morgan fingerprint density at radius 2 is 1.81 bits per heavy atom. The molecule has 0 amide bonds. The monoisotopic (exact) mass is 434 g/mol. The molecule has 158 valence electrons. The molecule has 6 nitrogen and oxygen atoms in total. The molecule has 0 aliphatic rings. The molecule has 1 N–H and O–H groups in total. The van der Waals surface area contributed by atoms with Crippen LogP contribution in [0.3, 0.4) is 0 Å². The normalized spacial score (nSPS) is 12.1. The first-order valence-corrected chi connectivity index (χ1v) is 10.8. The Kier molecular flexibility index (Phi) is 5.61. The van der Waals surface area contributed by atoms with E-state index in [2.05, 4.69) is 4.98 Å². The van der Waals surface area contributed by atoms with Gasteiger partial charge in [-0.2, -0.15) is 0 Å². The number of carboxylic acid groups (broad SMARTS) is 1. The van der Waals surface area contributed by atoms with Gasteiger partial charge in [-0.15, -0.1) is 11.3 Å². The van der Waals surface area contributed by atoms with E-state index in [0.29, 0.717) is 28.2 Å². The first-order valence-electron chi connectivity index (χ1n) is 9.95. The molecule has 7 heteroatoms. The van der Waals surface area contributed by atoms with E-state index in [9.17, 15) is 14.7 Å². The summed E-state index contributed by atoms with van der Waals surface area (Å²) in [6.07, 6.45) is 0. The van der Waals surface area contributed by atoms with E-state index < -0.39 is 12.0 Å². The molecule has 0 radical (unpaired) electrons. The van der Waals surface area contributed by atoms with Crippen molar-refractivity contribution in [1.82, 2.24) is 9.55 Å². The number of nitrogens with zero attached hydrogens (tertiary/aromatic N) is 2. The molecule has 0 spiro atoms. The van der Waals surface area contributed by atoms with Crippen LogP contribution in [0, 0.1) is 13.8 Å². The van der Waals surface area contributed by atoms with Crippen molar-refractivity contribution in [2.45, 2.75) is 26.8 Å². The molecular weight excluding hydrogens is 412 g/mol. The summed E-state index contributed by atoms with van der Waals surface area (Å²) in [4.78, 5) is 32.1. The molecule has 0 fully saturated rings. The molecule has 31 heavy (non-hydrogen) atoms. The second-order valence-electron chi connectivity index (χ2n) is 7.16. The second kappa shape index (κ2) is 8.35. The molecule has 4 rings (SSSR count). The van der Waals surface area contributed by atoms with Crippen molar-refractivity contribution in [2.75, 3.05) is 6.61 Å². The first kappa shape index (κ1) is 20.8. The molecule has 1 unspecified atom stereocenters. The van der Waals surface area contributed by atoms with E-state index in [4.69, 9.17) is 4.74 Å². The number of aryl methyl sites for hydroxylation is 2. The van der Waals surface area contributed by atoms with Crippen LogP contribution < -0.4 is 10.3 Å². The van der Waals surface area contributed by atoms with E-state index >= 15 is 0 Å². The summed E-state index contributed by atoms with van der Waals surface area (Å²) < 4.78 is 6.80. The number of hydrogen-bond acceptors (Lipinski definition) is 5. The van der Waals surface area contributed by atoms with Crippen LogP contribution in [-0.4, -0.2) is 27.2 Å². The average Bonchev–Trinajstić information content (AvgIpc) is 3.08. The summed E-state index contributed by atoms with van der Waals surface area (Å²) in [6, 6.07) is 15.2. The Bertz CT molecular complexity index is 1310. The van der Waals surface area contributed by atoms with Gasteiger partial charge in [0, 0.05) is 10.4 Å². The van der Waals surface area contributed by atoms with E-state index in [1.165, 1.54) is 15.9 Å². The number of benzene rings is 2. The van der Waals surface area contributed by atoms with Crippen LogP contribution in [0.1, 0.15) is 29.2 Å². The zero-order chi connectivity index (χ0) is 22.1. The van der Waals surface area contributed by atoms with Gasteiger partial charge < -0.3 is 9.84 Å². The molecule has 2 heterocycles. The van der Waals surface area contributed by atoms with Crippen LogP contribution in [-0.2, 0) is 4.79 Å². The maximum Gasteiger partial charge on any atom is 0.331 e. The number of aromatic nitrogens is 2. The summed E-state index contributed by atoms with van der Waals surface area (Å²) >= 11 is 1.44. The van der Waals surface area contributed by atoms with Crippen molar-refractivity contribution in [3.05, 3.63) is 81.2 Å². The number of thiophene rings is 1. The molecule has 0 aliphatic carbocycles. The predicted molar refractivity (Wildman–Crippen MR) is 122 cm³/mol. The molecule has 0 saturated carbocycles. The van der Waals surface area contributed by atoms with E-state index in [1.807, 2.05) is 44.2 Å². The van der Waals surface area contributed by atoms with Crippen LogP contribution in [0.2, 0.25) is 0 Å². The number of carbonyl (C=O) groups is 1. The number of fused-ring (bicyclic) bond motifs is 1. The molecular formula is C24H22N2O4S. The van der Waals surface area contributed by atoms with Gasteiger partial charge in [-0.3, -0.25) is 9.36 Å². The van der Waals surface area contributed by atoms with E-state index in [1.54, 1.807) is 31.2 Å². The quantitative estimate of drug-likeness (QED) is 0.471. The van der Waals surface area contributed by atoms with Gasteiger partial charge in [0.2, 0.25) is 0 Å². The lowest BCUT2D eigenvalue weighted by molar-refractivity contribution is -0.139. The van der Waals surface area contributed by atoms with Crippen LogP contribution >= 0.6 is 11.3 Å². The minimum absolute atomic E-state index is 0.355. The third kappa shape index (κ3) is 3.72. The fourth-order valence-electron chi connectivity index (χ4n) is 3.85. The lowest BCUT2D eigenvalue weighted by Gasteiger charge is -2.18. The first-order chi connectivity index (χ1) is 14.9. The second-order valence-corrected chi connectivity index (χ2v) is 8.36. The van der Waals surface area contributed by atoms with Gasteiger partial charge in [-0.1, -0.05) is 42.5 Å². The summed E-state index contributed by atoms with van der Waals surface area (Å²) in [5, 5.41) is 10.4. The van der Waals surface area contributed by atoms with E-state index in [-0.39, 0.29) is 5.56 Å². The Hall–Kier alpha value is -3.45. The zero-order valence-corrected chi connectivity index (χ0v) is 18.3. The predicted octanol–water partition coefficient (Wildman–Crippen LogP) is 4.81. The average molecular weight is 435 g/mol. The Balaban J connectivity index is 1.96. The highest BCUT2D eigenvalue weighted by molar-refractivity contribution is 7.19. The van der Waals surface area contributed by atoms with Crippen LogP contribution in [0.5, 0.6) is 5.75 Å². The fraction of sp³-hybridized carbons (Fsp3) is 0.208. The van der Waals surface area contributed by atoms with Gasteiger partial charge in [0.05, 0.1) is 12.0 Å². The standard InChI is InChI=1S/C24H22N2O4S/c1-4-30-18-12-10-16(11-13-18)19-14(2)31-22-20(19)23(27)26(15(3)25-22)21(24(28)29)17-8-6-5-7-9-17/h5-13,21H,4H2,1-3H3,(H,28,29). The van der Waals surface area contributed by atoms with Crippen LogP contribution in [0.4, 0.5) is 0 Å². The van der Waals surface area contributed by atoms with Gasteiger partial charge in [0.1, 0.15) is 16.4 Å². The minimum Gasteiger partial charge on any atom is -0.494 e. The Morgan fingerprint density at radius 1 is 1.13 bits per heavy atom. The molecule has 0 aliphatic heterocycles. The van der Waals surface area contributed by atoms with Crippen molar-refractivity contribution in [2.24, 2.45) is 0 Å². The number of carboxylic acids is 1. The maximum atomic E-state index is 13.7. The van der Waals surface area contributed by atoms with Gasteiger partial charge in [0.25, 0.3) is 5.56 Å². The minimum atomic E-state index is -1.15. The Morgan fingerprint density at radius 3 is 2.42 bits per heavy atom. The fourth-order valence-corrected chi connectivity index (χ4v) is 4.93. The van der Waals surface area contributed by atoms with Gasteiger partial charge >= 0.3 is 5.97 Å². The third-order valence-electron chi connectivity index (χ3n) is 5.17. The number of aliphatic carboxylic acids is 1. The highest BCUT2D eigenvalue weighted by Gasteiger charge is 2.28. The van der Waals surface area contributed by atoms with E-state index in [0.717, 1.165) is 21.8 Å². The van der Waals surface area contributed by atoms with Crippen LogP contribution in [0.15, 0.2) is 59.4 Å². The molecule has 2 aromatic heterocycles. The largest absolute Gasteiger partial charge is 0.494 e. The van der Waals surface area contributed by atoms with Crippen LogP contribution in [0.25, 0.3) is 21.3 Å². The topological polar surface area (TPSA) is 81.4 Å². The zero-order valence-electron chi connectivity index (χ0n) is 17.5. The molecule has 4 aromatic rings. The third-order valence-corrected chi connectivity index (χ3v) is 6.17. The molecule has 1 atom stereocenters. The summed E-state index contributed by atoms with van der Waals surface area (Å²) in [6.45, 7) is 6.12. The van der Waals surface area contributed by atoms with Crippen molar-refractivity contribution in [1.29, 1.82) is 0 Å². The van der Waals surface area contributed by atoms with Crippen molar-refractivity contribution < 1.29 is 14.6 Å². The molecule has 0 bridgehead atoms. The van der Waals surface area contributed by atoms with Crippen molar-refractivity contribution in [3.8, 4) is 16.9 Å². The Labute approximate surface area is 183 Å². The number of rotatable bonds is 6. The lowest BCUT2D eigenvalue weighted by Crippen LogP contribution is -2.33. The van der Waals surface area contributed by atoms with Gasteiger partial charge in [-0.05, 0) is 44.0 Å². The number of ether oxygens (including phenoxy) is 1. The lowest BCUT2D eigenvalue weighted by atomic mass is 10.0. The maximum absolute atomic E-state index is 13.7. The van der Waals surface area contributed by atoms with Gasteiger partial charge in [0.15, 0.2) is 6.04 Å². The highest BCUT2D eigenvalue weighted by atomic mass is 32.1. The highest BCUT2D eigenvalue weighted by Crippen LogP contribution is 2.37. The molecule has 0 saturated heterocycles. The van der Waals surface area contributed by atoms with Crippen molar-refractivity contribution in [3.63, 3.8) is 0 Å². The molecule has 2 aromatic carbocycles. The summed E-state index contributed by atoms with van der Waals surface area (Å²) in [5.41, 5.74) is 1.82. The summed E-state index contributed by atoms with van der Waals surface area (Å²) in [7, 11) is 0. The number of hydrogen-bond donors (Lipinski definition) is 1. The SMILES string of the molecule is CCOc1ccc(-c2c(C)sc3nc(C)n(C(C(=O)O)c4ccccc4)c(=O)c23)cc1. The smallest absolute Gasteiger partial charge is 0.331 e. The van der Waals surface area contributed by atoms with Crippen molar-refractivity contribution >= 4 is 27.5 Å². The summed E-state index contributed by atoms with van der Waals surface area (Å²) in [5.74, 6) is 0.0187.